The molecule has 1 amide bonds. The van der Waals surface area contributed by atoms with Crippen molar-refractivity contribution in [2.75, 3.05) is 11.9 Å². The summed E-state index contributed by atoms with van der Waals surface area (Å²) in [5, 5.41) is 14.9. The molecule has 1 aliphatic heterocycles. The van der Waals surface area contributed by atoms with Crippen molar-refractivity contribution < 1.29 is 18.3 Å². The number of aliphatic hydroxyl groups is 1. The Morgan fingerprint density at radius 2 is 1.53 bits per heavy atom. The zero-order valence-electron chi connectivity index (χ0n) is 17.1. The van der Waals surface area contributed by atoms with Gasteiger partial charge in [-0.05, 0) is 42.0 Å². The van der Waals surface area contributed by atoms with E-state index in [2.05, 4.69) is 5.32 Å². The highest BCUT2D eigenvalue weighted by atomic mass is 32.2. The van der Waals surface area contributed by atoms with Crippen LogP contribution in [0.5, 0.6) is 0 Å². The number of carbonyl (C=O) groups is 1. The number of benzene rings is 3. The topological polar surface area (TPSA) is 86.7 Å². The molecule has 0 spiro atoms. The molecule has 0 aromatic heterocycles. The first-order valence-electron chi connectivity index (χ1n) is 9.79. The van der Waals surface area contributed by atoms with Crippen LogP contribution in [0.2, 0.25) is 0 Å². The number of sulfonamides is 1. The minimum atomic E-state index is -3.97. The molecule has 0 bridgehead atoms. The number of fused-ring (bicyclic) bond motifs is 2. The summed E-state index contributed by atoms with van der Waals surface area (Å²) in [6.07, 6.45) is 0. The molecule has 2 N–H and O–H groups in total. The van der Waals surface area contributed by atoms with Gasteiger partial charge < -0.3 is 10.4 Å². The largest absolute Gasteiger partial charge is 0.493 e. The van der Waals surface area contributed by atoms with Crippen LogP contribution in [0.1, 0.15) is 26.3 Å². The van der Waals surface area contributed by atoms with E-state index in [4.69, 9.17) is 0 Å². The molecule has 7 heteroatoms. The number of aliphatic hydroxyl groups excluding tert-OH is 1. The number of para-hydroxylation sites is 1. The fourth-order valence-electron chi connectivity index (χ4n) is 3.36. The quantitative estimate of drug-likeness (QED) is 0.635. The van der Waals surface area contributed by atoms with Gasteiger partial charge in [-0.15, -0.1) is 0 Å². The molecule has 156 valence electrons. The molecule has 0 saturated carbocycles. The van der Waals surface area contributed by atoms with Gasteiger partial charge in [-0.25, -0.2) is 12.7 Å². The molecule has 0 fully saturated rings. The zero-order valence-corrected chi connectivity index (χ0v) is 17.9. The third-order valence-corrected chi connectivity index (χ3v) is 6.60. The molecule has 3 aromatic rings. The molecule has 1 heterocycles. The Morgan fingerprint density at radius 3 is 2.13 bits per heavy atom. The fraction of sp³-hybridized carbons (Fsp3) is 0.174. The van der Waals surface area contributed by atoms with Gasteiger partial charge in [0.2, 0.25) is 5.88 Å². The molecule has 6 nitrogen and oxygen atoms in total. The number of rotatable bonds is 3. The predicted octanol–water partition coefficient (Wildman–Crippen LogP) is 4.76. The van der Waals surface area contributed by atoms with Crippen molar-refractivity contribution in [3.8, 4) is 0 Å². The zero-order chi connectivity index (χ0) is 21.9. The number of anilines is 1. The second kappa shape index (κ2) is 8.59. The van der Waals surface area contributed by atoms with Gasteiger partial charge in [-0.1, -0.05) is 56.3 Å². The van der Waals surface area contributed by atoms with E-state index < -0.39 is 21.8 Å². The lowest BCUT2D eigenvalue weighted by molar-refractivity contribution is -0.111. The number of hydrogen-bond donors (Lipinski definition) is 2. The minimum absolute atomic E-state index is 0.00253. The second-order valence-corrected chi connectivity index (χ2v) is 8.21. The number of carbonyl (C=O) groups excluding carboxylic acids is 1. The summed E-state index contributed by atoms with van der Waals surface area (Å²) < 4.78 is 26.9. The van der Waals surface area contributed by atoms with Crippen LogP contribution >= 0.6 is 0 Å². The molecular formula is C23H24N2O4S. The van der Waals surface area contributed by atoms with Crippen molar-refractivity contribution in [3.05, 3.63) is 78.2 Å². The Morgan fingerprint density at radius 1 is 0.967 bits per heavy atom. The molecule has 1 aliphatic rings. The molecule has 3 aromatic carbocycles. The van der Waals surface area contributed by atoms with Gasteiger partial charge in [0.25, 0.3) is 15.9 Å². The van der Waals surface area contributed by atoms with Crippen molar-refractivity contribution in [1.82, 2.24) is 4.31 Å². The predicted molar refractivity (Wildman–Crippen MR) is 119 cm³/mol. The Labute approximate surface area is 176 Å². The van der Waals surface area contributed by atoms with Crippen LogP contribution in [-0.2, 0) is 14.8 Å². The van der Waals surface area contributed by atoms with Crippen molar-refractivity contribution in [3.63, 3.8) is 0 Å². The van der Waals surface area contributed by atoms with Crippen LogP contribution < -0.4 is 5.32 Å². The Hall–Kier alpha value is -3.32. The maximum absolute atomic E-state index is 13.0. The van der Waals surface area contributed by atoms with Crippen molar-refractivity contribution in [2.24, 2.45) is 0 Å². The lowest BCUT2D eigenvalue weighted by atomic mass is 10.00. The van der Waals surface area contributed by atoms with Crippen molar-refractivity contribution in [2.45, 2.75) is 25.7 Å². The molecule has 0 saturated heterocycles. The first-order chi connectivity index (χ1) is 14.4. The highest BCUT2D eigenvalue weighted by molar-refractivity contribution is 7.89. The van der Waals surface area contributed by atoms with Crippen molar-refractivity contribution >= 4 is 38.0 Å². The summed E-state index contributed by atoms with van der Waals surface area (Å²) in [4.78, 5) is 13.0. The summed E-state index contributed by atoms with van der Waals surface area (Å²) in [7, 11) is -3.97. The van der Waals surface area contributed by atoms with Crippen LogP contribution in [0, 0.1) is 0 Å². The van der Waals surface area contributed by atoms with E-state index in [0.29, 0.717) is 5.69 Å². The van der Waals surface area contributed by atoms with Crippen LogP contribution in [0.25, 0.3) is 16.3 Å². The lowest BCUT2D eigenvalue weighted by Gasteiger charge is -2.30. The standard InChI is InChI=1S/C21H18N2O4S.C2H6/c1-2-23-21(25)19(20(24)22-16-10-4-3-5-11-16)17-12-14-8-6-7-9-15(14)13-18(17)28(23,26)27;1-2/h3-13,25H,2H2,1H3,(H,22,24);1-2H3. The molecule has 0 aliphatic carbocycles. The smallest absolute Gasteiger partial charge is 0.267 e. The molecular weight excluding hydrogens is 400 g/mol. The number of amides is 1. The van der Waals surface area contributed by atoms with E-state index in [-0.39, 0.29) is 22.6 Å². The van der Waals surface area contributed by atoms with Gasteiger partial charge in [0, 0.05) is 17.8 Å². The summed E-state index contributed by atoms with van der Waals surface area (Å²) in [5.41, 5.74) is 0.669. The Kier molecular flexibility index (Phi) is 6.12. The summed E-state index contributed by atoms with van der Waals surface area (Å²) in [6, 6.07) is 19.3. The van der Waals surface area contributed by atoms with E-state index >= 15 is 0 Å². The van der Waals surface area contributed by atoms with Crippen LogP contribution in [0.4, 0.5) is 5.69 Å². The fourth-order valence-corrected chi connectivity index (χ4v) is 4.98. The molecule has 30 heavy (non-hydrogen) atoms. The van der Waals surface area contributed by atoms with Gasteiger partial charge in [0.05, 0.1) is 4.90 Å². The van der Waals surface area contributed by atoms with E-state index in [0.717, 1.165) is 15.1 Å². The average molecular weight is 425 g/mol. The van der Waals surface area contributed by atoms with Gasteiger partial charge in [0.15, 0.2) is 0 Å². The number of nitrogens with one attached hydrogen (secondary N) is 1. The van der Waals surface area contributed by atoms with Gasteiger partial charge in [-0.2, -0.15) is 0 Å². The minimum Gasteiger partial charge on any atom is -0.493 e. The average Bonchev–Trinajstić information content (AvgIpc) is 2.75. The van der Waals surface area contributed by atoms with Crippen LogP contribution in [0.3, 0.4) is 0 Å². The maximum Gasteiger partial charge on any atom is 0.267 e. The third-order valence-electron chi connectivity index (χ3n) is 4.69. The molecule has 4 rings (SSSR count). The van der Waals surface area contributed by atoms with Crippen molar-refractivity contribution in [1.29, 1.82) is 0 Å². The summed E-state index contributed by atoms with van der Waals surface area (Å²) in [6.45, 7) is 5.61. The maximum atomic E-state index is 13.0. The van der Waals surface area contributed by atoms with Gasteiger partial charge in [0.1, 0.15) is 5.57 Å². The van der Waals surface area contributed by atoms with E-state index in [1.807, 2.05) is 44.2 Å². The van der Waals surface area contributed by atoms with Gasteiger partial charge >= 0.3 is 0 Å². The molecule has 0 atom stereocenters. The van der Waals surface area contributed by atoms with Gasteiger partial charge in [-0.3, -0.25) is 4.79 Å². The molecule has 0 radical (unpaired) electrons. The first-order valence-corrected chi connectivity index (χ1v) is 11.2. The highest BCUT2D eigenvalue weighted by Gasteiger charge is 2.39. The SMILES string of the molecule is CC.CCN1C(O)=C(C(=O)Nc2ccccc2)c2cc3ccccc3cc2S1(=O)=O. The second-order valence-electron chi connectivity index (χ2n) is 6.38. The van der Waals surface area contributed by atoms with E-state index in [9.17, 15) is 18.3 Å². The van der Waals surface area contributed by atoms with E-state index in [1.165, 1.54) is 0 Å². The monoisotopic (exact) mass is 424 g/mol. The van der Waals surface area contributed by atoms with Crippen LogP contribution in [0.15, 0.2) is 77.5 Å². The van der Waals surface area contributed by atoms with Crippen LogP contribution in [-0.4, -0.2) is 30.3 Å². The summed E-state index contributed by atoms with van der Waals surface area (Å²) >= 11 is 0. The number of nitrogens with zero attached hydrogens (tertiary/aromatic N) is 1. The summed E-state index contributed by atoms with van der Waals surface area (Å²) in [5.74, 6) is -1.15. The third kappa shape index (κ3) is 3.64. The normalized spacial score (nSPS) is 14.6. The Balaban J connectivity index is 0.00000124. The molecule has 0 unspecified atom stereocenters. The first kappa shape index (κ1) is 21.4. The Bertz CT molecular complexity index is 1220. The lowest BCUT2D eigenvalue weighted by Crippen LogP contribution is -2.36. The number of hydrogen-bond acceptors (Lipinski definition) is 4. The highest BCUT2D eigenvalue weighted by Crippen LogP contribution is 2.38. The van der Waals surface area contributed by atoms with E-state index in [1.54, 1.807) is 43.3 Å².